The summed E-state index contributed by atoms with van der Waals surface area (Å²) >= 11 is 3.38. The molecule has 1 heterocycles. The lowest BCUT2D eigenvalue weighted by atomic mass is 10.2. The molecule has 0 N–H and O–H groups in total. The van der Waals surface area contributed by atoms with E-state index in [0.717, 1.165) is 11.3 Å². The number of benzene rings is 1. The van der Waals surface area contributed by atoms with Gasteiger partial charge in [0, 0.05) is 17.7 Å². The molecule has 0 aliphatic carbocycles. The maximum absolute atomic E-state index is 10.8. The van der Waals surface area contributed by atoms with Gasteiger partial charge >= 0.3 is 0 Å². The Kier molecular flexibility index (Phi) is 3.62. The van der Waals surface area contributed by atoms with Crippen LogP contribution in [0.4, 0.5) is 5.69 Å². The van der Waals surface area contributed by atoms with Crippen LogP contribution < -0.4 is 0 Å². The van der Waals surface area contributed by atoms with Crippen LogP contribution in [0.25, 0.3) is 5.69 Å². The van der Waals surface area contributed by atoms with E-state index in [1.54, 1.807) is 23.7 Å². The summed E-state index contributed by atoms with van der Waals surface area (Å²) in [6, 6.07) is 8.25. The Morgan fingerprint density at radius 2 is 2.32 bits per heavy atom. The minimum absolute atomic E-state index is 0.000568. The molecule has 0 aliphatic heterocycles. The number of nitriles is 1. The number of non-ortho nitro benzene ring substituents is 1. The van der Waals surface area contributed by atoms with E-state index in [9.17, 15) is 10.1 Å². The average Bonchev–Trinajstić information content (AvgIpc) is 2.67. The molecule has 0 saturated carbocycles. The lowest BCUT2D eigenvalue weighted by molar-refractivity contribution is -0.384. The third kappa shape index (κ3) is 2.48. The summed E-state index contributed by atoms with van der Waals surface area (Å²) in [5, 5.41) is 23.8. The first-order chi connectivity index (χ1) is 9.04. The summed E-state index contributed by atoms with van der Waals surface area (Å²) in [5.74, 6) is 0. The largest absolute Gasteiger partial charge is 0.271 e. The summed E-state index contributed by atoms with van der Waals surface area (Å²) in [6.45, 7) is 1.80. The first-order valence-corrected chi connectivity index (χ1v) is 6.19. The average molecular weight is 321 g/mol. The predicted molar refractivity (Wildman–Crippen MR) is 72.0 cm³/mol. The van der Waals surface area contributed by atoms with E-state index in [1.807, 2.05) is 0 Å². The second kappa shape index (κ2) is 5.20. The standard InChI is InChI=1S/C12H9BrN4O2/c1-8-11(5-6-14)12(13)16(15-8)9-3-2-4-10(7-9)17(18)19/h2-4,7H,5H2,1H3. The highest BCUT2D eigenvalue weighted by atomic mass is 79.9. The lowest BCUT2D eigenvalue weighted by Gasteiger charge is -2.03. The normalized spacial score (nSPS) is 10.2. The Hall–Kier alpha value is -2.20. The van der Waals surface area contributed by atoms with Crippen LogP contribution >= 0.6 is 15.9 Å². The van der Waals surface area contributed by atoms with Crippen molar-refractivity contribution in [3.8, 4) is 11.8 Å². The zero-order valence-corrected chi connectivity index (χ0v) is 11.6. The highest BCUT2D eigenvalue weighted by Crippen LogP contribution is 2.26. The van der Waals surface area contributed by atoms with Crippen LogP contribution in [0, 0.1) is 28.4 Å². The van der Waals surface area contributed by atoms with Crippen LogP contribution in [0.2, 0.25) is 0 Å². The van der Waals surface area contributed by atoms with Crippen molar-refractivity contribution in [2.45, 2.75) is 13.3 Å². The van der Waals surface area contributed by atoms with Crippen molar-refractivity contribution in [1.29, 1.82) is 5.26 Å². The summed E-state index contributed by atoms with van der Waals surface area (Å²) in [5.41, 5.74) is 2.08. The molecule has 2 aromatic rings. The van der Waals surface area contributed by atoms with Gasteiger partial charge in [-0.15, -0.1) is 0 Å². The summed E-state index contributed by atoms with van der Waals surface area (Å²) in [6.07, 6.45) is 0.237. The highest BCUT2D eigenvalue weighted by Gasteiger charge is 2.15. The second-order valence-corrected chi connectivity index (χ2v) is 4.63. The summed E-state index contributed by atoms with van der Waals surface area (Å²) in [4.78, 5) is 10.3. The van der Waals surface area contributed by atoms with Gasteiger partial charge in [0.1, 0.15) is 4.60 Å². The molecule has 1 aromatic heterocycles. The number of rotatable bonds is 3. The first kappa shape index (κ1) is 13.2. The zero-order valence-electron chi connectivity index (χ0n) is 10.00. The Bertz CT molecular complexity index is 688. The van der Waals surface area contributed by atoms with Crippen molar-refractivity contribution in [3.63, 3.8) is 0 Å². The SMILES string of the molecule is Cc1nn(-c2cccc([N+](=O)[O-])c2)c(Br)c1CC#N. The van der Waals surface area contributed by atoms with Gasteiger partial charge < -0.3 is 0 Å². The fraction of sp³-hybridized carbons (Fsp3) is 0.167. The number of halogens is 1. The van der Waals surface area contributed by atoms with Gasteiger partial charge in [-0.3, -0.25) is 10.1 Å². The van der Waals surface area contributed by atoms with Gasteiger partial charge in [0.05, 0.1) is 28.8 Å². The van der Waals surface area contributed by atoms with Crippen molar-refractivity contribution < 1.29 is 4.92 Å². The van der Waals surface area contributed by atoms with Crippen LogP contribution in [-0.4, -0.2) is 14.7 Å². The number of aryl methyl sites for hydroxylation is 1. The van der Waals surface area contributed by atoms with Gasteiger partial charge in [-0.1, -0.05) is 6.07 Å². The molecule has 1 aromatic carbocycles. The number of nitro groups is 1. The van der Waals surface area contributed by atoms with Crippen molar-refractivity contribution in [2.75, 3.05) is 0 Å². The van der Waals surface area contributed by atoms with E-state index in [0.29, 0.717) is 10.3 Å². The van der Waals surface area contributed by atoms with Gasteiger partial charge in [-0.25, -0.2) is 4.68 Å². The highest BCUT2D eigenvalue weighted by molar-refractivity contribution is 9.10. The van der Waals surface area contributed by atoms with Crippen LogP contribution in [0.1, 0.15) is 11.3 Å². The predicted octanol–water partition coefficient (Wildman–Crippen LogP) is 2.92. The molecule has 0 saturated heterocycles. The zero-order chi connectivity index (χ0) is 14.0. The van der Waals surface area contributed by atoms with Crippen molar-refractivity contribution >= 4 is 21.6 Å². The molecule has 0 aliphatic rings. The molecular formula is C12H9BrN4O2. The second-order valence-electron chi connectivity index (χ2n) is 3.88. The minimum atomic E-state index is -0.454. The number of hydrogen-bond acceptors (Lipinski definition) is 4. The third-order valence-corrected chi connectivity index (χ3v) is 3.48. The minimum Gasteiger partial charge on any atom is -0.258 e. The Morgan fingerprint density at radius 3 is 2.95 bits per heavy atom. The van der Waals surface area contributed by atoms with E-state index in [-0.39, 0.29) is 12.1 Å². The maximum atomic E-state index is 10.8. The van der Waals surface area contributed by atoms with Crippen LogP contribution in [0.3, 0.4) is 0 Å². The van der Waals surface area contributed by atoms with Crippen LogP contribution in [-0.2, 0) is 6.42 Å². The van der Waals surface area contributed by atoms with Gasteiger partial charge in [-0.2, -0.15) is 10.4 Å². The first-order valence-electron chi connectivity index (χ1n) is 5.40. The topological polar surface area (TPSA) is 84.8 Å². The van der Waals surface area contributed by atoms with E-state index >= 15 is 0 Å². The molecule has 7 heteroatoms. The number of hydrogen-bond donors (Lipinski definition) is 0. The Labute approximate surface area is 117 Å². The maximum Gasteiger partial charge on any atom is 0.271 e. The van der Waals surface area contributed by atoms with E-state index < -0.39 is 4.92 Å². The third-order valence-electron chi connectivity index (χ3n) is 2.66. The van der Waals surface area contributed by atoms with Gasteiger partial charge in [0.15, 0.2) is 0 Å². The van der Waals surface area contributed by atoms with Gasteiger partial charge in [0.25, 0.3) is 5.69 Å². The van der Waals surface area contributed by atoms with Crippen molar-refractivity contribution in [3.05, 3.63) is 50.2 Å². The van der Waals surface area contributed by atoms with E-state index in [1.165, 1.54) is 12.1 Å². The molecule has 0 spiro atoms. The summed E-state index contributed by atoms with van der Waals surface area (Å²) in [7, 11) is 0. The smallest absolute Gasteiger partial charge is 0.258 e. The van der Waals surface area contributed by atoms with E-state index in [2.05, 4.69) is 27.1 Å². The molecule has 19 heavy (non-hydrogen) atoms. The molecular weight excluding hydrogens is 312 g/mol. The molecule has 0 bridgehead atoms. The Balaban J connectivity index is 2.54. The van der Waals surface area contributed by atoms with Crippen molar-refractivity contribution in [1.82, 2.24) is 9.78 Å². The lowest BCUT2D eigenvalue weighted by Crippen LogP contribution is -1.98. The van der Waals surface area contributed by atoms with E-state index in [4.69, 9.17) is 5.26 Å². The summed E-state index contributed by atoms with van der Waals surface area (Å²) < 4.78 is 2.20. The van der Waals surface area contributed by atoms with Crippen LogP contribution in [0.5, 0.6) is 0 Å². The van der Waals surface area contributed by atoms with Crippen LogP contribution in [0.15, 0.2) is 28.9 Å². The number of aromatic nitrogens is 2. The fourth-order valence-electron chi connectivity index (χ4n) is 1.72. The molecule has 2 rings (SSSR count). The molecule has 0 amide bonds. The monoisotopic (exact) mass is 320 g/mol. The molecule has 0 radical (unpaired) electrons. The number of nitro benzene ring substituents is 1. The molecule has 0 unspecified atom stereocenters. The quantitative estimate of drug-likeness (QED) is 0.642. The molecule has 6 nitrogen and oxygen atoms in total. The molecule has 0 fully saturated rings. The Morgan fingerprint density at radius 1 is 1.58 bits per heavy atom. The van der Waals surface area contributed by atoms with Gasteiger partial charge in [-0.05, 0) is 28.9 Å². The fourth-order valence-corrected chi connectivity index (χ4v) is 2.43. The van der Waals surface area contributed by atoms with Crippen molar-refractivity contribution in [2.24, 2.45) is 0 Å². The van der Waals surface area contributed by atoms with Gasteiger partial charge in [0.2, 0.25) is 0 Å². The molecule has 96 valence electrons. The molecule has 0 atom stereocenters. The number of nitrogens with zero attached hydrogens (tertiary/aromatic N) is 4.